The van der Waals surface area contributed by atoms with Gasteiger partial charge in [-0.1, -0.05) is 55.7 Å². The van der Waals surface area contributed by atoms with E-state index in [-0.39, 0.29) is 29.9 Å². The van der Waals surface area contributed by atoms with Gasteiger partial charge in [-0.05, 0) is 61.8 Å². The zero-order chi connectivity index (χ0) is 26.5. The Morgan fingerprint density at radius 1 is 0.946 bits per heavy atom. The summed E-state index contributed by atoms with van der Waals surface area (Å²) in [6, 6.07) is 13.5. The number of aliphatic hydroxyl groups excluding tert-OH is 1. The number of fused-ring (bicyclic) bond motifs is 1. The van der Waals surface area contributed by atoms with Gasteiger partial charge in [0.15, 0.2) is 0 Å². The molecule has 0 bridgehead atoms. The zero-order valence-corrected chi connectivity index (χ0v) is 21.0. The highest BCUT2D eigenvalue weighted by molar-refractivity contribution is 5.92. The van der Waals surface area contributed by atoms with E-state index in [9.17, 15) is 29.7 Å². The molecule has 1 aliphatic carbocycles. The molecule has 0 aliphatic heterocycles. The number of aromatic carboxylic acids is 1. The van der Waals surface area contributed by atoms with Crippen LogP contribution < -0.4 is 5.32 Å². The summed E-state index contributed by atoms with van der Waals surface area (Å²) < 4.78 is 1.18. The SMILES string of the molecule is C[C@H](Cc1cn(C(=O)O)c2ccccc12)NC(=O)C(Cc1ccccc1C(=O)O)C(O)C1CCCCC1. The molecular weight excluding hydrogens is 472 g/mol. The molecule has 3 aromatic rings. The Labute approximate surface area is 215 Å². The average Bonchev–Trinajstić information content (AvgIpc) is 3.26. The fraction of sp³-hybridized carbons (Fsp3) is 0.414. The maximum atomic E-state index is 13.6. The number of amides is 1. The molecule has 2 unspecified atom stereocenters. The summed E-state index contributed by atoms with van der Waals surface area (Å²) in [5.41, 5.74) is 2.03. The molecule has 196 valence electrons. The fourth-order valence-corrected chi connectivity index (χ4v) is 5.62. The van der Waals surface area contributed by atoms with Gasteiger partial charge in [0, 0.05) is 17.6 Å². The number of carboxylic acid groups (broad SMARTS) is 2. The first-order chi connectivity index (χ1) is 17.8. The van der Waals surface area contributed by atoms with Crippen LogP contribution in [-0.2, 0) is 17.6 Å². The number of nitrogens with zero attached hydrogens (tertiary/aromatic N) is 1. The summed E-state index contributed by atoms with van der Waals surface area (Å²) in [5, 5.41) is 34.3. The standard InChI is InChI=1S/C29H34N2O6/c1-18(15-21-17-31(29(36)37)25-14-8-7-12-22(21)25)30-27(33)24(26(32)19-9-3-2-4-10-19)16-20-11-5-6-13-23(20)28(34)35/h5-8,11-14,17-19,24,26,32H,2-4,9-10,15-16H2,1H3,(H,30,33)(H,34,35)(H,36,37)/t18-,24?,26?/m1/s1. The minimum Gasteiger partial charge on any atom is -0.478 e. The maximum Gasteiger partial charge on any atom is 0.416 e. The minimum atomic E-state index is -1.08. The number of aromatic nitrogens is 1. The fourth-order valence-electron chi connectivity index (χ4n) is 5.62. The van der Waals surface area contributed by atoms with Crippen molar-refractivity contribution >= 4 is 28.9 Å². The largest absolute Gasteiger partial charge is 0.478 e. The van der Waals surface area contributed by atoms with E-state index in [4.69, 9.17) is 0 Å². The zero-order valence-electron chi connectivity index (χ0n) is 21.0. The Balaban J connectivity index is 1.55. The molecule has 1 heterocycles. The van der Waals surface area contributed by atoms with Crippen molar-refractivity contribution in [1.29, 1.82) is 0 Å². The van der Waals surface area contributed by atoms with Crippen molar-refractivity contribution in [2.45, 2.75) is 64.0 Å². The maximum absolute atomic E-state index is 13.6. The predicted octanol–water partition coefficient (Wildman–Crippen LogP) is 4.71. The summed E-state index contributed by atoms with van der Waals surface area (Å²) in [4.78, 5) is 37.0. The van der Waals surface area contributed by atoms with E-state index in [2.05, 4.69) is 5.32 Å². The van der Waals surface area contributed by atoms with E-state index in [1.165, 1.54) is 10.6 Å². The third kappa shape index (κ3) is 6.02. The van der Waals surface area contributed by atoms with Crippen molar-refractivity contribution in [3.8, 4) is 0 Å². The average molecular weight is 507 g/mol. The number of hydrogen-bond donors (Lipinski definition) is 4. The molecule has 3 atom stereocenters. The lowest BCUT2D eigenvalue weighted by atomic mass is 9.77. The van der Waals surface area contributed by atoms with Crippen molar-refractivity contribution in [2.75, 3.05) is 0 Å². The van der Waals surface area contributed by atoms with Crippen molar-refractivity contribution in [3.05, 3.63) is 71.4 Å². The Morgan fingerprint density at radius 2 is 1.62 bits per heavy atom. The Morgan fingerprint density at radius 3 is 2.32 bits per heavy atom. The topological polar surface area (TPSA) is 129 Å². The van der Waals surface area contributed by atoms with Gasteiger partial charge in [0.05, 0.1) is 23.1 Å². The third-order valence-electron chi connectivity index (χ3n) is 7.48. The molecule has 0 saturated heterocycles. The Hall–Kier alpha value is -3.65. The molecule has 2 aromatic carbocycles. The molecule has 1 aromatic heterocycles. The lowest BCUT2D eigenvalue weighted by molar-refractivity contribution is -0.131. The molecule has 4 rings (SSSR count). The Kier molecular flexibility index (Phi) is 8.28. The second kappa shape index (κ2) is 11.6. The number of aliphatic hydroxyl groups is 1. The van der Waals surface area contributed by atoms with Crippen molar-refractivity contribution in [1.82, 2.24) is 9.88 Å². The molecule has 1 saturated carbocycles. The normalized spacial score (nSPS) is 16.7. The summed E-state index contributed by atoms with van der Waals surface area (Å²) in [6.45, 7) is 1.85. The Bertz CT molecular complexity index is 1280. The molecule has 37 heavy (non-hydrogen) atoms. The van der Waals surface area contributed by atoms with Gasteiger partial charge in [0.1, 0.15) is 0 Å². The van der Waals surface area contributed by atoms with Gasteiger partial charge in [-0.2, -0.15) is 0 Å². The molecule has 1 amide bonds. The van der Waals surface area contributed by atoms with Gasteiger partial charge < -0.3 is 20.6 Å². The summed E-state index contributed by atoms with van der Waals surface area (Å²) in [6.07, 6.45) is 4.95. The first-order valence-corrected chi connectivity index (χ1v) is 12.9. The van der Waals surface area contributed by atoms with Crippen LogP contribution >= 0.6 is 0 Å². The van der Waals surface area contributed by atoms with Crippen LogP contribution in [0.2, 0.25) is 0 Å². The van der Waals surface area contributed by atoms with Gasteiger partial charge in [-0.25, -0.2) is 9.59 Å². The van der Waals surface area contributed by atoms with E-state index in [0.29, 0.717) is 17.5 Å². The van der Waals surface area contributed by atoms with E-state index in [1.54, 1.807) is 36.5 Å². The molecule has 8 heteroatoms. The first-order valence-electron chi connectivity index (χ1n) is 12.9. The second-order valence-electron chi connectivity index (χ2n) is 10.1. The molecule has 8 nitrogen and oxygen atoms in total. The lowest BCUT2D eigenvalue weighted by Gasteiger charge is -2.32. The van der Waals surface area contributed by atoms with Crippen LogP contribution in [0.5, 0.6) is 0 Å². The van der Waals surface area contributed by atoms with Gasteiger partial charge >= 0.3 is 12.1 Å². The lowest BCUT2D eigenvalue weighted by Crippen LogP contribution is -2.46. The number of benzene rings is 2. The first kappa shape index (κ1) is 26.4. The van der Waals surface area contributed by atoms with Crippen molar-refractivity contribution in [3.63, 3.8) is 0 Å². The number of carbonyl (C=O) groups is 3. The molecule has 4 N–H and O–H groups in total. The molecular formula is C29H34N2O6. The number of rotatable bonds is 9. The van der Waals surface area contributed by atoms with Crippen LogP contribution in [-0.4, -0.2) is 50.0 Å². The van der Waals surface area contributed by atoms with E-state index < -0.39 is 24.1 Å². The number of carbonyl (C=O) groups excluding carboxylic acids is 1. The second-order valence-corrected chi connectivity index (χ2v) is 10.1. The highest BCUT2D eigenvalue weighted by Crippen LogP contribution is 2.32. The highest BCUT2D eigenvalue weighted by atomic mass is 16.4. The number of carboxylic acids is 1. The number of nitrogens with one attached hydrogen (secondary N) is 1. The predicted molar refractivity (Wildman–Crippen MR) is 140 cm³/mol. The minimum absolute atomic E-state index is 0.00895. The highest BCUT2D eigenvalue weighted by Gasteiger charge is 2.35. The smallest absolute Gasteiger partial charge is 0.416 e. The van der Waals surface area contributed by atoms with Crippen LogP contribution in [0.1, 0.15) is 60.5 Å². The summed E-state index contributed by atoms with van der Waals surface area (Å²) >= 11 is 0. The van der Waals surface area contributed by atoms with Gasteiger partial charge in [0.2, 0.25) is 5.91 Å². The van der Waals surface area contributed by atoms with E-state index in [1.807, 2.05) is 19.1 Å². The summed E-state index contributed by atoms with van der Waals surface area (Å²) in [5.74, 6) is -2.20. The van der Waals surface area contributed by atoms with Gasteiger partial charge in [-0.15, -0.1) is 0 Å². The van der Waals surface area contributed by atoms with Gasteiger partial charge in [-0.3, -0.25) is 9.36 Å². The monoisotopic (exact) mass is 506 g/mol. The quantitative estimate of drug-likeness (QED) is 0.333. The third-order valence-corrected chi connectivity index (χ3v) is 7.48. The van der Waals surface area contributed by atoms with Crippen LogP contribution in [0, 0.1) is 11.8 Å². The van der Waals surface area contributed by atoms with E-state index in [0.717, 1.165) is 43.1 Å². The summed E-state index contributed by atoms with van der Waals surface area (Å²) in [7, 11) is 0. The van der Waals surface area contributed by atoms with Crippen LogP contribution in [0.4, 0.5) is 4.79 Å². The van der Waals surface area contributed by atoms with Crippen molar-refractivity contribution < 1.29 is 29.7 Å². The number of hydrogen-bond acceptors (Lipinski definition) is 4. The van der Waals surface area contributed by atoms with Crippen molar-refractivity contribution in [2.24, 2.45) is 11.8 Å². The van der Waals surface area contributed by atoms with E-state index >= 15 is 0 Å². The molecule has 1 fully saturated rings. The molecule has 0 radical (unpaired) electrons. The van der Waals surface area contributed by atoms with Crippen LogP contribution in [0.3, 0.4) is 0 Å². The van der Waals surface area contributed by atoms with Gasteiger partial charge in [0.25, 0.3) is 0 Å². The molecule has 1 aliphatic rings. The molecule has 0 spiro atoms. The van der Waals surface area contributed by atoms with Crippen LogP contribution in [0.25, 0.3) is 10.9 Å². The van der Waals surface area contributed by atoms with Crippen LogP contribution in [0.15, 0.2) is 54.7 Å². The number of para-hydroxylation sites is 1.